The quantitative estimate of drug-likeness (QED) is 0.782. The van der Waals surface area contributed by atoms with Gasteiger partial charge >= 0.3 is 0 Å². The van der Waals surface area contributed by atoms with E-state index in [0.717, 1.165) is 31.4 Å². The van der Waals surface area contributed by atoms with E-state index in [4.69, 9.17) is 4.74 Å². The van der Waals surface area contributed by atoms with Crippen LogP contribution < -0.4 is 4.74 Å². The maximum atomic E-state index is 5.16. The highest BCUT2D eigenvalue weighted by molar-refractivity contribution is 5.28. The fraction of sp³-hybridized carbons (Fsp3) is 0.353. The van der Waals surface area contributed by atoms with Crippen LogP contribution in [0.1, 0.15) is 30.2 Å². The lowest BCUT2D eigenvalue weighted by molar-refractivity contribution is 0.414. The van der Waals surface area contributed by atoms with E-state index in [1.807, 2.05) is 18.3 Å². The van der Waals surface area contributed by atoms with Gasteiger partial charge in [0.15, 0.2) is 0 Å². The SMILES string of the molecule is CCCc1ccc(CCc2ccc(OC)cc2)cn1. The molecule has 0 unspecified atom stereocenters. The van der Waals surface area contributed by atoms with E-state index in [-0.39, 0.29) is 0 Å². The number of ether oxygens (including phenoxy) is 1. The third-order valence-electron chi connectivity index (χ3n) is 3.25. The van der Waals surface area contributed by atoms with Crippen LogP contribution >= 0.6 is 0 Å². The molecule has 2 rings (SSSR count). The molecule has 0 amide bonds. The average molecular weight is 255 g/mol. The number of hydrogen-bond donors (Lipinski definition) is 0. The Hall–Kier alpha value is -1.83. The topological polar surface area (TPSA) is 22.1 Å². The number of rotatable bonds is 6. The second kappa shape index (κ2) is 6.93. The van der Waals surface area contributed by atoms with Crippen LogP contribution in [-0.4, -0.2) is 12.1 Å². The summed E-state index contributed by atoms with van der Waals surface area (Å²) in [5.41, 5.74) is 3.82. The molecule has 0 aliphatic heterocycles. The summed E-state index contributed by atoms with van der Waals surface area (Å²) in [6.07, 6.45) is 6.30. The highest BCUT2D eigenvalue weighted by Gasteiger charge is 1.98. The Morgan fingerprint density at radius 1 is 0.895 bits per heavy atom. The number of methoxy groups -OCH3 is 1. The minimum Gasteiger partial charge on any atom is -0.497 e. The molecule has 19 heavy (non-hydrogen) atoms. The van der Waals surface area contributed by atoms with E-state index in [1.54, 1.807) is 7.11 Å². The Morgan fingerprint density at radius 2 is 1.58 bits per heavy atom. The van der Waals surface area contributed by atoms with Crippen LogP contribution in [0.25, 0.3) is 0 Å². The predicted octanol–water partition coefficient (Wildman–Crippen LogP) is 3.83. The van der Waals surface area contributed by atoms with Gasteiger partial charge in [0.25, 0.3) is 0 Å². The Labute approximate surface area is 115 Å². The average Bonchev–Trinajstić information content (AvgIpc) is 2.47. The molecule has 1 aromatic heterocycles. The van der Waals surface area contributed by atoms with Crippen molar-refractivity contribution in [3.8, 4) is 5.75 Å². The molecular weight excluding hydrogens is 234 g/mol. The summed E-state index contributed by atoms with van der Waals surface area (Å²) in [4.78, 5) is 4.49. The highest BCUT2D eigenvalue weighted by Crippen LogP contribution is 2.13. The van der Waals surface area contributed by atoms with Crippen LogP contribution in [0.5, 0.6) is 5.75 Å². The molecule has 0 saturated heterocycles. The number of aryl methyl sites for hydroxylation is 3. The van der Waals surface area contributed by atoms with Crippen molar-refractivity contribution in [2.75, 3.05) is 7.11 Å². The van der Waals surface area contributed by atoms with Gasteiger partial charge in [0.2, 0.25) is 0 Å². The molecule has 0 aliphatic rings. The fourth-order valence-corrected chi connectivity index (χ4v) is 2.09. The third kappa shape index (κ3) is 4.09. The van der Waals surface area contributed by atoms with Gasteiger partial charge < -0.3 is 4.74 Å². The first kappa shape index (κ1) is 13.6. The van der Waals surface area contributed by atoms with E-state index in [9.17, 15) is 0 Å². The third-order valence-corrected chi connectivity index (χ3v) is 3.25. The van der Waals surface area contributed by atoms with Gasteiger partial charge in [-0.1, -0.05) is 31.5 Å². The van der Waals surface area contributed by atoms with Crippen molar-refractivity contribution < 1.29 is 4.74 Å². The molecule has 1 aromatic carbocycles. The molecule has 2 aromatic rings. The molecule has 0 N–H and O–H groups in total. The first-order valence-corrected chi connectivity index (χ1v) is 6.88. The van der Waals surface area contributed by atoms with Gasteiger partial charge in [-0.15, -0.1) is 0 Å². The van der Waals surface area contributed by atoms with E-state index in [1.165, 1.54) is 16.8 Å². The van der Waals surface area contributed by atoms with Gasteiger partial charge in [0.1, 0.15) is 5.75 Å². The second-order valence-corrected chi connectivity index (χ2v) is 4.76. The van der Waals surface area contributed by atoms with Gasteiger partial charge in [-0.25, -0.2) is 0 Å². The standard InChI is InChI=1S/C17H21NO/c1-3-4-16-10-7-15(13-18-16)6-5-14-8-11-17(19-2)12-9-14/h7-13H,3-6H2,1-2H3. The van der Waals surface area contributed by atoms with Crippen LogP contribution in [0.3, 0.4) is 0 Å². The summed E-state index contributed by atoms with van der Waals surface area (Å²) in [6, 6.07) is 12.6. The summed E-state index contributed by atoms with van der Waals surface area (Å²) in [5.74, 6) is 0.911. The maximum absolute atomic E-state index is 5.16. The molecule has 2 nitrogen and oxygen atoms in total. The van der Waals surface area contributed by atoms with Gasteiger partial charge in [0.05, 0.1) is 7.11 Å². The van der Waals surface area contributed by atoms with Crippen molar-refractivity contribution in [1.29, 1.82) is 0 Å². The number of hydrogen-bond acceptors (Lipinski definition) is 2. The molecule has 0 saturated carbocycles. The van der Waals surface area contributed by atoms with E-state index in [2.05, 4.69) is 36.2 Å². The van der Waals surface area contributed by atoms with Crippen molar-refractivity contribution in [2.45, 2.75) is 32.6 Å². The minimum atomic E-state index is 0.911. The molecule has 0 bridgehead atoms. The Kier molecular flexibility index (Phi) is 4.96. The van der Waals surface area contributed by atoms with Crippen molar-refractivity contribution in [3.63, 3.8) is 0 Å². The normalized spacial score (nSPS) is 10.4. The highest BCUT2D eigenvalue weighted by atomic mass is 16.5. The zero-order valence-electron chi connectivity index (χ0n) is 11.7. The van der Waals surface area contributed by atoms with Crippen LogP contribution in [0.15, 0.2) is 42.6 Å². The number of benzene rings is 1. The molecule has 0 atom stereocenters. The summed E-state index contributed by atoms with van der Waals surface area (Å²) >= 11 is 0. The van der Waals surface area contributed by atoms with E-state index < -0.39 is 0 Å². The summed E-state index contributed by atoms with van der Waals surface area (Å²) < 4.78 is 5.16. The van der Waals surface area contributed by atoms with Crippen LogP contribution in [0.2, 0.25) is 0 Å². The fourth-order valence-electron chi connectivity index (χ4n) is 2.09. The molecule has 1 heterocycles. The van der Waals surface area contributed by atoms with Crippen LogP contribution in [0, 0.1) is 0 Å². The molecular formula is C17H21NO. The summed E-state index contributed by atoms with van der Waals surface area (Å²) in [6.45, 7) is 2.18. The summed E-state index contributed by atoms with van der Waals surface area (Å²) in [7, 11) is 1.69. The van der Waals surface area contributed by atoms with Gasteiger partial charge in [-0.05, 0) is 48.6 Å². The summed E-state index contributed by atoms with van der Waals surface area (Å²) in [5, 5.41) is 0. The zero-order chi connectivity index (χ0) is 13.5. The first-order valence-electron chi connectivity index (χ1n) is 6.88. The Bertz CT molecular complexity index is 488. The monoisotopic (exact) mass is 255 g/mol. The molecule has 0 radical (unpaired) electrons. The number of aromatic nitrogens is 1. The molecule has 0 spiro atoms. The van der Waals surface area contributed by atoms with Crippen molar-refractivity contribution in [2.24, 2.45) is 0 Å². The maximum Gasteiger partial charge on any atom is 0.118 e. The number of pyridine rings is 1. The van der Waals surface area contributed by atoms with Crippen LogP contribution in [0.4, 0.5) is 0 Å². The van der Waals surface area contributed by atoms with Crippen molar-refractivity contribution in [3.05, 3.63) is 59.4 Å². The zero-order valence-corrected chi connectivity index (χ0v) is 11.7. The second-order valence-electron chi connectivity index (χ2n) is 4.76. The lowest BCUT2D eigenvalue weighted by Gasteiger charge is -2.05. The Balaban J connectivity index is 1.90. The minimum absolute atomic E-state index is 0.911. The molecule has 0 aliphatic carbocycles. The lowest BCUT2D eigenvalue weighted by atomic mass is 10.1. The molecule has 0 fully saturated rings. The molecule has 100 valence electrons. The van der Waals surface area contributed by atoms with Crippen molar-refractivity contribution >= 4 is 0 Å². The van der Waals surface area contributed by atoms with Gasteiger partial charge in [0, 0.05) is 11.9 Å². The predicted molar refractivity (Wildman–Crippen MR) is 78.6 cm³/mol. The molecule has 2 heteroatoms. The lowest BCUT2D eigenvalue weighted by Crippen LogP contribution is -1.95. The van der Waals surface area contributed by atoms with Crippen LogP contribution in [-0.2, 0) is 19.3 Å². The smallest absolute Gasteiger partial charge is 0.118 e. The number of nitrogens with zero attached hydrogens (tertiary/aromatic N) is 1. The van der Waals surface area contributed by atoms with E-state index in [0.29, 0.717) is 0 Å². The van der Waals surface area contributed by atoms with Crippen molar-refractivity contribution in [1.82, 2.24) is 4.98 Å². The Morgan fingerprint density at radius 3 is 2.16 bits per heavy atom. The largest absolute Gasteiger partial charge is 0.497 e. The van der Waals surface area contributed by atoms with Gasteiger partial charge in [-0.2, -0.15) is 0 Å². The first-order chi connectivity index (χ1) is 9.31. The van der Waals surface area contributed by atoms with E-state index >= 15 is 0 Å². The van der Waals surface area contributed by atoms with Gasteiger partial charge in [-0.3, -0.25) is 4.98 Å².